The summed E-state index contributed by atoms with van der Waals surface area (Å²) >= 11 is 0. The highest BCUT2D eigenvalue weighted by molar-refractivity contribution is 5.81. The number of hydrogen-bond donors (Lipinski definition) is 1. The Labute approximate surface area is 199 Å². The zero-order chi connectivity index (χ0) is 25.3. The van der Waals surface area contributed by atoms with E-state index in [9.17, 15) is 18.0 Å². The Morgan fingerprint density at radius 1 is 1.03 bits per heavy atom. The van der Waals surface area contributed by atoms with Gasteiger partial charge in [0, 0.05) is 37.3 Å². The Bertz CT molecular complexity index is 1220. The van der Waals surface area contributed by atoms with Crippen molar-refractivity contribution < 1.29 is 27.9 Å². The second kappa shape index (κ2) is 9.65. The molecule has 0 radical (unpaired) electrons. The third kappa shape index (κ3) is 5.61. The van der Waals surface area contributed by atoms with E-state index in [1.54, 1.807) is 0 Å². The molecule has 5 rings (SSSR count). The first-order valence-corrected chi connectivity index (χ1v) is 11.3. The van der Waals surface area contributed by atoms with Crippen LogP contribution in [0.5, 0.6) is 0 Å². The molecule has 1 N–H and O–H groups in total. The molecule has 1 saturated carbocycles. The van der Waals surface area contributed by atoms with Gasteiger partial charge < -0.3 is 10.0 Å². The number of piperazine rings is 1. The number of rotatable bonds is 3. The molecule has 1 atom stereocenters. The van der Waals surface area contributed by atoms with Gasteiger partial charge in [0.05, 0.1) is 11.6 Å². The molecule has 8 nitrogen and oxygen atoms in total. The quantitative estimate of drug-likeness (QED) is 0.605. The van der Waals surface area contributed by atoms with E-state index in [0.29, 0.717) is 12.5 Å². The van der Waals surface area contributed by atoms with Crippen LogP contribution in [0.25, 0.3) is 16.6 Å². The van der Waals surface area contributed by atoms with Crippen LogP contribution in [-0.4, -0.2) is 74.5 Å². The van der Waals surface area contributed by atoms with Gasteiger partial charge >= 0.3 is 12.1 Å². The second-order valence-electron chi connectivity index (χ2n) is 8.95. The summed E-state index contributed by atoms with van der Waals surface area (Å²) in [6.45, 7) is 4.46. The lowest BCUT2D eigenvalue weighted by molar-refractivity contribution is -0.192. The predicted octanol–water partition coefficient (Wildman–Crippen LogP) is 3.56. The molecule has 3 heterocycles. The summed E-state index contributed by atoms with van der Waals surface area (Å²) < 4.78 is 33.6. The number of likely N-dealkylation sites (N-methyl/N-ethyl adjacent to an activating group) is 1. The van der Waals surface area contributed by atoms with Crippen LogP contribution in [0.3, 0.4) is 0 Å². The lowest BCUT2D eigenvalue weighted by atomic mass is 10.0. The van der Waals surface area contributed by atoms with Crippen LogP contribution in [0.4, 0.5) is 13.2 Å². The van der Waals surface area contributed by atoms with Crippen molar-refractivity contribution in [3.8, 4) is 11.1 Å². The van der Waals surface area contributed by atoms with E-state index in [1.165, 1.54) is 11.1 Å². The van der Waals surface area contributed by atoms with Gasteiger partial charge in [-0.3, -0.25) is 9.69 Å². The number of carboxylic acid groups (broad SMARTS) is 1. The number of hydrogen-bond acceptors (Lipinski definition) is 5. The van der Waals surface area contributed by atoms with E-state index in [2.05, 4.69) is 65.6 Å². The minimum absolute atomic E-state index is 0.0826. The van der Waals surface area contributed by atoms with Crippen LogP contribution in [-0.2, 0) is 9.59 Å². The van der Waals surface area contributed by atoms with E-state index in [1.807, 2.05) is 15.6 Å². The molecule has 1 aliphatic carbocycles. The Hall–Kier alpha value is -3.47. The standard InChI is InChI=1S/C22H25N5O.C2HF3O2/c1-15-3-5-16(6-4-15)18-9-10-19-21(23-24-27(19)13-18)20-14-26(12-11-25(20)2)22(28)17-7-8-17;3-2(4,5)1(6)7/h3-6,9-10,13,17,20H,7-8,11-12,14H2,1-2H3;(H,6,7). The summed E-state index contributed by atoms with van der Waals surface area (Å²) in [6, 6.07) is 12.8. The molecule has 11 heteroatoms. The summed E-state index contributed by atoms with van der Waals surface area (Å²) in [5.74, 6) is -2.18. The van der Waals surface area contributed by atoms with Crippen LogP contribution >= 0.6 is 0 Å². The van der Waals surface area contributed by atoms with E-state index in [0.717, 1.165) is 42.7 Å². The smallest absolute Gasteiger partial charge is 0.475 e. The molecule has 1 unspecified atom stereocenters. The number of aliphatic carboxylic acids is 1. The molecule has 1 amide bonds. The molecule has 1 aromatic carbocycles. The minimum Gasteiger partial charge on any atom is -0.475 e. The number of pyridine rings is 1. The summed E-state index contributed by atoms with van der Waals surface area (Å²) in [7, 11) is 2.11. The Kier molecular flexibility index (Phi) is 6.79. The predicted molar refractivity (Wildman–Crippen MR) is 122 cm³/mol. The highest BCUT2D eigenvalue weighted by Crippen LogP contribution is 2.34. The normalized spacial score (nSPS) is 18.8. The molecule has 0 bridgehead atoms. The second-order valence-corrected chi connectivity index (χ2v) is 8.95. The summed E-state index contributed by atoms with van der Waals surface area (Å²) in [6.07, 6.45) is -0.953. The average molecular weight is 489 g/mol. The van der Waals surface area contributed by atoms with Crippen molar-refractivity contribution in [1.82, 2.24) is 24.6 Å². The molecule has 2 aliphatic rings. The fourth-order valence-corrected chi connectivity index (χ4v) is 4.03. The third-order valence-corrected chi connectivity index (χ3v) is 6.27. The maximum atomic E-state index is 12.5. The third-order valence-electron chi connectivity index (χ3n) is 6.27. The summed E-state index contributed by atoms with van der Waals surface area (Å²) in [5.41, 5.74) is 5.49. The van der Waals surface area contributed by atoms with E-state index in [-0.39, 0.29) is 12.0 Å². The van der Waals surface area contributed by atoms with Gasteiger partial charge in [0.15, 0.2) is 0 Å². The summed E-state index contributed by atoms with van der Waals surface area (Å²) in [4.78, 5) is 25.7. The van der Waals surface area contributed by atoms with Gasteiger partial charge in [-0.25, -0.2) is 9.31 Å². The first-order valence-electron chi connectivity index (χ1n) is 11.3. The number of carbonyl (C=O) groups excluding carboxylic acids is 1. The van der Waals surface area contributed by atoms with Crippen LogP contribution in [0.2, 0.25) is 0 Å². The monoisotopic (exact) mass is 489 g/mol. The fraction of sp³-hybridized carbons (Fsp3) is 0.417. The minimum atomic E-state index is -5.08. The fourth-order valence-electron chi connectivity index (χ4n) is 4.03. The van der Waals surface area contributed by atoms with Crippen molar-refractivity contribution in [3.63, 3.8) is 0 Å². The highest BCUT2D eigenvalue weighted by Gasteiger charge is 2.39. The van der Waals surface area contributed by atoms with Gasteiger partial charge in [-0.2, -0.15) is 13.2 Å². The van der Waals surface area contributed by atoms with Crippen LogP contribution in [0.15, 0.2) is 42.6 Å². The van der Waals surface area contributed by atoms with Crippen molar-refractivity contribution in [2.75, 3.05) is 26.7 Å². The van der Waals surface area contributed by atoms with Crippen LogP contribution in [0, 0.1) is 12.8 Å². The van der Waals surface area contributed by atoms with E-state index >= 15 is 0 Å². The van der Waals surface area contributed by atoms with Gasteiger partial charge in [-0.15, -0.1) is 5.10 Å². The van der Waals surface area contributed by atoms with Gasteiger partial charge in [-0.1, -0.05) is 41.1 Å². The van der Waals surface area contributed by atoms with E-state index < -0.39 is 12.1 Å². The number of aryl methyl sites for hydroxylation is 1. The molecule has 0 spiro atoms. The van der Waals surface area contributed by atoms with E-state index in [4.69, 9.17) is 9.90 Å². The van der Waals surface area contributed by atoms with Crippen molar-refractivity contribution in [2.24, 2.45) is 5.92 Å². The Morgan fingerprint density at radius 2 is 1.66 bits per heavy atom. The number of halogens is 3. The first kappa shape index (κ1) is 24.6. The van der Waals surface area contributed by atoms with Crippen LogP contribution in [0.1, 0.15) is 30.1 Å². The van der Waals surface area contributed by atoms with Gasteiger partial charge in [0.25, 0.3) is 0 Å². The van der Waals surface area contributed by atoms with Crippen molar-refractivity contribution >= 4 is 17.4 Å². The van der Waals surface area contributed by atoms with Crippen molar-refractivity contribution in [1.29, 1.82) is 0 Å². The SMILES string of the molecule is Cc1ccc(-c2ccc3c(C4CN(C(=O)C5CC5)CCN4C)nnn3c2)cc1.O=C(O)C(F)(F)F. The maximum absolute atomic E-state index is 12.5. The molecule has 1 aliphatic heterocycles. The maximum Gasteiger partial charge on any atom is 0.490 e. The van der Waals surface area contributed by atoms with Crippen molar-refractivity contribution in [3.05, 3.63) is 53.9 Å². The van der Waals surface area contributed by atoms with Gasteiger partial charge in [0.1, 0.15) is 5.69 Å². The summed E-state index contributed by atoms with van der Waals surface area (Å²) in [5, 5.41) is 16.0. The largest absolute Gasteiger partial charge is 0.490 e. The number of carbonyl (C=O) groups is 2. The molecular formula is C24H26F3N5O3. The molecule has 35 heavy (non-hydrogen) atoms. The lowest BCUT2D eigenvalue weighted by Gasteiger charge is -2.38. The topological polar surface area (TPSA) is 91.0 Å². The zero-order valence-electron chi connectivity index (χ0n) is 19.4. The number of carboxylic acids is 1. The molecular weight excluding hydrogens is 463 g/mol. The molecule has 186 valence electrons. The first-order chi connectivity index (χ1) is 16.5. The van der Waals surface area contributed by atoms with Crippen LogP contribution < -0.4 is 0 Å². The number of alkyl halides is 3. The number of nitrogens with zero attached hydrogens (tertiary/aromatic N) is 5. The lowest BCUT2D eigenvalue weighted by Crippen LogP contribution is -2.49. The van der Waals surface area contributed by atoms with Gasteiger partial charge in [-0.05, 0) is 38.4 Å². The molecule has 2 aromatic heterocycles. The zero-order valence-corrected chi connectivity index (χ0v) is 19.4. The number of aromatic nitrogens is 3. The number of benzene rings is 1. The van der Waals surface area contributed by atoms with Gasteiger partial charge in [0.2, 0.25) is 5.91 Å². The average Bonchev–Trinajstić information content (AvgIpc) is 3.59. The van der Waals surface area contributed by atoms with Crippen molar-refractivity contribution in [2.45, 2.75) is 32.0 Å². The molecule has 3 aromatic rings. The molecule has 1 saturated heterocycles. The Balaban J connectivity index is 0.000000364. The highest BCUT2D eigenvalue weighted by atomic mass is 19.4. The number of amides is 1. The number of fused-ring (bicyclic) bond motifs is 1. The molecule has 2 fully saturated rings. The Morgan fingerprint density at radius 3 is 2.26 bits per heavy atom.